The molecule has 0 unspecified atom stereocenters. The first-order chi connectivity index (χ1) is 6.90. The highest BCUT2D eigenvalue weighted by Crippen LogP contribution is 2.14. The zero-order valence-electron chi connectivity index (χ0n) is 7.64. The molecule has 0 aromatic carbocycles. The summed E-state index contributed by atoms with van der Waals surface area (Å²) in [5.41, 5.74) is 0.773. The van der Waals surface area contributed by atoms with Gasteiger partial charge in [-0.05, 0) is 13.1 Å². The third kappa shape index (κ3) is 1.74. The molecule has 14 heavy (non-hydrogen) atoms. The molecule has 0 spiro atoms. The molecule has 0 atom stereocenters. The van der Waals surface area contributed by atoms with Gasteiger partial charge in [-0.3, -0.25) is 0 Å². The SMILES string of the molecule is CNCc1nnc(-c2ccnnc2)o1. The van der Waals surface area contributed by atoms with Crippen LogP contribution in [0.3, 0.4) is 0 Å². The quantitative estimate of drug-likeness (QED) is 0.749. The van der Waals surface area contributed by atoms with E-state index in [0.29, 0.717) is 18.3 Å². The van der Waals surface area contributed by atoms with Crippen LogP contribution in [0.1, 0.15) is 5.89 Å². The van der Waals surface area contributed by atoms with E-state index in [1.54, 1.807) is 18.5 Å². The predicted molar refractivity (Wildman–Crippen MR) is 48.1 cm³/mol. The Labute approximate surface area is 80.4 Å². The van der Waals surface area contributed by atoms with Gasteiger partial charge in [0.2, 0.25) is 11.8 Å². The highest BCUT2D eigenvalue weighted by Gasteiger charge is 2.07. The maximum absolute atomic E-state index is 5.36. The monoisotopic (exact) mass is 191 g/mol. The van der Waals surface area contributed by atoms with Crippen molar-refractivity contribution in [2.75, 3.05) is 7.05 Å². The maximum atomic E-state index is 5.36. The molecule has 0 saturated heterocycles. The van der Waals surface area contributed by atoms with Gasteiger partial charge in [0, 0.05) is 0 Å². The summed E-state index contributed by atoms with van der Waals surface area (Å²) in [6, 6.07) is 1.77. The zero-order chi connectivity index (χ0) is 9.80. The first kappa shape index (κ1) is 8.76. The molecule has 0 aliphatic heterocycles. The van der Waals surface area contributed by atoms with Gasteiger partial charge in [0.05, 0.1) is 24.5 Å². The Morgan fingerprint density at radius 3 is 3.00 bits per heavy atom. The smallest absolute Gasteiger partial charge is 0.249 e. The average molecular weight is 191 g/mol. The second-order valence-electron chi connectivity index (χ2n) is 2.66. The minimum atomic E-state index is 0.463. The van der Waals surface area contributed by atoms with Gasteiger partial charge in [-0.25, -0.2) is 0 Å². The van der Waals surface area contributed by atoms with Crippen LogP contribution in [0, 0.1) is 0 Å². The molecule has 0 aliphatic carbocycles. The minimum absolute atomic E-state index is 0.463. The molecule has 0 radical (unpaired) electrons. The number of rotatable bonds is 3. The molecule has 0 bridgehead atoms. The molecule has 0 saturated carbocycles. The summed E-state index contributed by atoms with van der Waals surface area (Å²) in [6.07, 6.45) is 3.16. The highest BCUT2D eigenvalue weighted by atomic mass is 16.4. The summed E-state index contributed by atoms with van der Waals surface area (Å²) >= 11 is 0. The van der Waals surface area contributed by atoms with Crippen LogP contribution in [-0.2, 0) is 6.54 Å². The van der Waals surface area contributed by atoms with Crippen molar-refractivity contribution >= 4 is 0 Å². The molecule has 2 heterocycles. The molecule has 2 aromatic heterocycles. The number of hydrogen-bond donors (Lipinski definition) is 1. The largest absolute Gasteiger partial charge is 0.419 e. The van der Waals surface area contributed by atoms with Crippen molar-refractivity contribution in [3.8, 4) is 11.5 Å². The molecule has 0 fully saturated rings. The Bertz CT molecular complexity index is 399. The molecule has 0 aliphatic rings. The zero-order valence-corrected chi connectivity index (χ0v) is 7.64. The molecule has 72 valence electrons. The van der Waals surface area contributed by atoms with E-state index in [1.165, 1.54) is 0 Å². The maximum Gasteiger partial charge on any atom is 0.249 e. The Balaban J connectivity index is 2.25. The lowest BCUT2D eigenvalue weighted by molar-refractivity contribution is 0.490. The van der Waals surface area contributed by atoms with Gasteiger partial charge in [0.25, 0.3) is 0 Å². The van der Waals surface area contributed by atoms with Crippen molar-refractivity contribution in [1.82, 2.24) is 25.7 Å². The molecule has 6 nitrogen and oxygen atoms in total. The van der Waals surface area contributed by atoms with Crippen molar-refractivity contribution < 1.29 is 4.42 Å². The predicted octanol–water partition coefficient (Wildman–Crippen LogP) is 0.246. The summed E-state index contributed by atoms with van der Waals surface area (Å²) < 4.78 is 5.36. The van der Waals surface area contributed by atoms with Crippen molar-refractivity contribution in [3.63, 3.8) is 0 Å². The second-order valence-corrected chi connectivity index (χ2v) is 2.66. The van der Waals surface area contributed by atoms with Crippen LogP contribution >= 0.6 is 0 Å². The van der Waals surface area contributed by atoms with Gasteiger partial charge >= 0.3 is 0 Å². The molecular weight excluding hydrogens is 182 g/mol. The van der Waals surface area contributed by atoms with Crippen LogP contribution in [0.15, 0.2) is 22.9 Å². The lowest BCUT2D eigenvalue weighted by Crippen LogP contribution is -2.04. The summed E-state index contributed by atoms with van der Waals surface area (Å²) in [4.78, 5) is 0. The Hall–Kier alpha value is -1.82. The van der Waals surface area contributed by atoms with E-state index in [2.05, 4.69) is 25.7 Å². The van der Waals surface area contributed by atoms with E-state index in [1.807, 2.05) is 7.05 Å². The summed E-state index contributed by atoms with van der Waals surface area (Å²) in [5.74, 6) is 1.02. The highest BCUT2D eigenvalue weighted by molar-refractivity contribution is 5.49. The van der Waals surface area contributed by atoms with E-state index in [0.717, 1.165) is 5.56 Å². The third-order valence-corrected chi connectivity index (χ3v) is 1.63. The van der Waals surface area contributed by atoms with E-state index in [9.17, 15) is 0 Å². The molecular formula is C8H9N5O. The van der Waals surface area contributed by atoms with Gasteiger partial charge in [-0.2, -0.15) is 10.2 Å². The van der Waals surface area contributed by atoms with Crippen LogP contribution in [0.2, 0.25) is 0 Å². The fraction of sp³-hybridized carbons (Fsp3) is 0.250. The van der Waals surface area contributed by atoms with Crippen molar-refractivity contribution in [1.29, 1.82) is 0 Å². The number of nitrogens with zero attached hydrogens (tertiary/aromatic N) is 4. The van der Waals surface area contributed by atoms with Gasteiger partial charge < -0.3 is 9.73 Å². The van der Waals surface area contributed by atoms with Gasteiger partial charge in [0.15, 0.2) is 0 Å². The van der Waals surface area contributed by atoms with Gasteiger partial charge in [-0.1, -0.05) is 0 Å². The Kier molecular flexibility index (Phi) is 2.46. The van der Waals surface area contributed by atoms with Crippen LogP contribution in [0.5, 0.6) is 0 Å². The minimum Gasteiger partial charge on any atom is -0.419 e. The summed E-state index contributed by atoms with van der Waals surface area (Å²) in [7, 11) is 1.82. The van der Waals surface area contributed by atoms with Crippen LogP contribution in [-0.4, -0.2) is 27.4 Å². The molecule has 0 amide bonds. The first-order valence-corrected chi connectivity index (χ1v) is 4.14. The van der Waals surface area contributed by atoms with E-state index < -0.39 is 0 Å². The van der Waals surface area contributed by atoms with Crippen molar-refractivity contribution in [3.05, 3.63) is 24.4 Å². The van der Waals surface area contributed by atoms with E-state index >= 15 is 0 Å². The number of hydrogen-bond acceptors (Lipinski definition) is 6. The first-order valence-electron chi connectivity index (χ1n) is 4.14. The third-order valence-electron chi connectivity index (χ3n) is 1.63. The van der Waals surface area contributed by atoms with E-state index in [4.69, 9.17) is 4.42 Å². The number of aromatic nitrogens is 4. The molecule has 2 rings (SSSR count). The lowest BCUT2D eigenvalue weighted by Gasteiger charge is -1.91. The summed E-state index contributed by atoms with van der Waals surface area (Å²) in [6.45, 7) is 0.561. The second kappa shape index (κ2) is 3.93. The molecule has 2 aromatic rings. The van der Waals surface area contributed by atoms with Gasteiger partial charge in [-0.15, -0.1) is 10.2 Å². The molecule has 1 N–H and O–H groups in total. The van der Waals surface area contributed by atoms with Crippen LogP contribution < -0.4 is 5.32 Å². The van der Waals surface area contributed by atoms with Gasteiger partial charge in [0.1, 0.15) is 0 Å². The topological polar surface area (TPSA) is 76.7 Å². The fourth-order valence-corrected chi connectivity index (χ4v) is 1.01. The summed E-state index contributed by atoms with van der Waals surface area (Å²) in [5, 5.41) is 18.0. The normalized spacial score (nSPS) is 10.4. The molecule has 6 heteroatoms. The number of nitrogens with one attached hydrogen (secondary N) is 1. The van der Waals surface area contributed by atoms with Crippen LogP contribution in [0.25, 0.3) is 11.5 Å². The van der Waals surface area contributed by atoms with Crippen molar-refractivity contribution in [2.45, 2.75) is 6.54 Å². The van der Waals surface area contributed by atoms with Crippen LogP contribution in [0.4, 0.5) is 0 Å². The fourth-order valence-electron chi connectivity index (χ4n) is 1.01. The Morgan fingerprint density at radius 1 is 1.36 bits per heavy atom. The van der Waals surface area contributed by atoms with Crippen molar-refractivity contribution in [2.24, 2.45) is 0 Å². The lowest BCUT2D eigenvalue weighted by atomic mass is 10.3. The Morgan fingerprint density at radius 2 is 2.29 bits per heavy atom. The van der Waals surface area contributed by atoms with E-state index in [-0.39, 0.29) is 0 Å². The standard InChI is InChI=1S/C8H9N5O/c1-9-5-7-12-13-8(14-7)6-2-3-10-11-4-6/h2-4,9H,5H2,1H3. The average Bonchev–Trinajstić information content (AvgIpc) is 2.68.